The number of imidazole rings is 1. The van der Waals surface area contributed by atoms with Gasteiger partial charge < -0.3 is 15.4 Å². The molecule has 0 aliphatic rings. The lowest BCUT2D eigenvalue weighted by Gasteiger charge is -2.04. The van der Waals surface area contributed by atoms with Gasteiger partial charge >= 0.3 is 5.97 Å². The molecule has 2 heterocycles. The highest BCUT2D eigenvalue weighted by Crippen LogP contribution is 2.18. The van der Waals surface area contributed by atoms with Crippen molar-refractivity contribution in [1.29, 1.82) is 0 Å². The summed E-state index contributed by atoms with van der Waals surface area (Å²) in [6.07, 6.45) is 2.01. The number of carboxylic acids is 1. The molecule has 0 radical (unpaired) electrons. The van der Waals surface area contributed by atoms with Gasteiger partial charge in [-0.25, -0.2) is 9.97 Å². The van der Waals surface area contributed by atoms with Crippen molar-refractivity contribution in [2.75, 3.05) is 5.73 Å². The maximum atomic E-state index is 10.8. The summed E-state index contributed by atoms with van der Waals surface area (Å²) in [4.78, 5) is 23.4. The quantitative estimate of drug-likeness (QED) is 0.742. The molecule has 2 aromatic heterocycles. The lowest BCUT2D eigenvalue weighted by Crippen LogP contribution is -2.09. The minimum Gasteiger partial charge on any atom is -0.480 e. The molecule has 106 valence electrons. The zero-order valence-electron chi connectivity index (χ0n) is 11.1. The molecule has 21 heavy (non-hydrogen) atoms. The van der Waals surface area contributed by atoms with Crippen molar-refractivity contribution in [2.45, 2.75) is 13.0 Å². The SMILES string of the molecule is Nc1nc(Cc2ccccc2)c2ncn(CC(=O)O)c2n1. The fourth-order valence-electron chi connectivity index (χ4n) is 2.20. The maximum absolute atomic E-state index is 10.8. The predicted molar refractivity (Wildman–Crippen MR) is 76.6 cm³/mol. The molecule has 7 heteroatoms. The first-order valence-corrected chi connectivity index (χ1v) is 6.36. The first kappa shape index (κ1) is 13.0. The van der Waals surface area contributed by atoms with E-state index in [0.717, 1.165) is 5.56 Å². The second-order valence-corrected chi connectivity index (χ2v) is 4.63. The molecule has 0 spiro atoms. The van der Waals surface area contributed by atoms with Gasteiger partial charge in [0.2, 0.25) is 5.95 Å². The lowest BCUT2D eigenvalue weighted by atomic mass is 10.1. The highest BCUT2D eigenvalue weighted by molar-refractivity contribution is 5.77. The van der Waals surface area contributed by atoms with Crippen LogP contribution in [0.1, 0.15) is 11.3 Å². The summed E-state index contributed by atoms with van der Waals surface area (Å²) >= 11 is 0. The minimum absolute atomic E-state index is 0.112. The number of hydrogen-bond donors (Lipinski definition) is 2. The van der Waals surface area contributed by atoms with Crippen LogP contribution in [-0.4, -0.2) is 30.6 Å². The van der Waals surface area contributed by atoms with Crippen molar-refractivity contribution in [3.05, 3.63) is 47.9 Å². The van der Waals surface area contributed by atoms with Gasteiger partial charge in [-0.15, -0.1) is 0 Å². The van der Waals surface area contributed by atoms with Crippen LogP contribution in [0.25, 0.3) is 11.2 Å². The summed E-state index contributed by atoms with van der Waals surface area (Å²) in [7, 11) is 0. The lowest BCUT2D eigenvalue weighted by molar-refractivity contribution is -0.137. The highest BCUT2D eigenvalue weighted by Gasteiger charge is 2.14. The third-order valence-corrected chi connectivity index (χ3v) is 3.07. The van der Waals surface area contributed by atoms with E-state index >= 15 is 0 Å². The van der Waals surface area contributed by atoms with Crippen LogP contribution in [0, 0.1) is 0 Å². The first-order valence-electron chi connectivity index (χ1n) is 6.36. The number of rotatable bonds is 4. The number of hydrogen-bond acceptors (Lipinski definition) is 5. The van der Waals surface area contributed by atoms with Gasteiger partial charge in [-0.2, -0.15) is 4.98 Å². The number of carbonyl (C=O) groups is 1. The van der Waals surface area contributed by atoms with Gasteiger partial charge in [-0.3, -0.25) is 4.79 Å². The van der Waals surface area contributed by atoms with E-state index in [1.165, 1.54) is 10.9 Å². The Bertz CT molecular complexity index is 798. The van der Waals surface area contributed by atoms with E-state index in [1.807, 2.05) is 30.3 Å². The van der Waals surface area contributed by atoms with E-state index in [0.29, 0.717) is 23.3 Å². The fraction of sp³-hybridized carbons (Fsp3) is 0.143. The van der Waals surface area contributed by atoms with Gasteiger partial charge in [-0.1, -0.05) is 30.3 Å². The number of fused-ring (bicyclic) bond motifs is 1. The number of carboxylic acid groups (broad SMARTS) is 1. The normalized spacial score (nSPS) is 10.9. The smallest absolute Gasteiger partial charge is 0.323 e. The average molecular weight is 283 g/mol. The standard InChI is InChI=1S/C14H13N5O2/c15-14-17-10(6-9-4-2-1-3-5-9)12-13(18-14)19(8-16-12)7-11(20)21/h1-5,8H,6-7H2,(H,20,21)(H2,15,17,18). The number of nitrogens with zero attached hydrogens (tertiary/aromatic N) is 4. The van der Waals surface area contributed by atoms with Crippen molar-refractivity contribution in [2.24, 2.45) is 0 Å². The van der Waals surface area contributed by atoms with Crippen molar-refractivity contribution in [1.82, 2.24) is 19.5 Å². The van der Waals surface area contributed by atoms with E-state index < -0.39 is 5.97 Å². The molecule has 0 saturated heterocycles. The van der Waals surface area contributed by atoms with Crippen molar-refractivity contribution in [3.8, 4) is 0 Å². The summed E-state index contributed by atoms with van der Waals surface area (Å²) < 4.78 is 1.45. The summed E-state index contributed by atoms with van der Waals surface area (Å²) in [5.74, 6) is -0.850. The van der Waals surface area contributed by atoms with Crippen LogP contribution < -0.4 is 5.73 Å². The Morgan fingerprint density at radius 1 is 1.24 bits per heavy atom. The van der Waals surface area contributed by atoms with Crippen LogP contribution >= 0.6 is 0 Å². The zero-order chi connectivity index (χ0) is 14.8. The summed E-state index contributed by atoms with van der Waals surface area (Å²) in [6, 6.07) is 9.80. The largest absolute Gasteiger partial charge is 0.480 e. The van der Waals surface area contributed by atoms with Crippen molar-refractivity contribution >= 4 is 23.1 Å². The summed E-state index contributed by atoms with van der Waals surface area (Å²) in [5, 5.41) is 8.90. The predicted octanol–water partition coefficient (Wildman–Crippen LogP) is 1.08. The number of aliphatic carboxylic acids is 1. The number of aromatic nitrogens is 4. The minimum atomic E-state index is -0.962. The number of anilines is 1. The molecule has 0 aliphatic heterocycles. The van der Waals surface area contributed by atoms with Crippen molar-refractivity contribution in [3.63, 3.8) is 0 Å². The second-order valence-electron chi connectivity index (χ2n) is 4.63. The molecule has 0 saturated carbocycles. The molecular formula is C14H13N5O2. The Balaban J connectivity index is 2.06. The van der Waals surface area contributed by atoms with E-state index in [9.17, 15) is 4.79 Å². The van der Waals surface area contributed by atoms with Crippen LogP contribution in [0.4, 0.5) is 5.95 Å². The average Bonchev–Trinajstić information content (AvgIpc) is 2.82. The number of nitrogens with two attached hydrogens (primary N) is 1. The molecule has 1 aromatic carbocycles. The molecule has 0 bridgehead atoms. The fourth-order valence-corrected chi connectivity index (χ4v) is 2.20. The molecular weight excluding hydrogens is 270 g/mol. The zero-order valence-corrected chi connectivity index (χ0v) is 11.1. The molecule has 0 fully saturated rings. The Hall–Kier alpha value is -2.96. The number of benzene rings is 1. The van der Waals surface area contributed by atoms with E-state index in [1.54, 1.807) is 0 Å². The Morgan fingerprint density at radius 3 is 2.71 bits per heavy atom. The van der Waals surface area contributed by atoms with Gasteiger partial charge in [0.05, 0.1) is 12.0 Å². The van der Waals surface area contributed by atoms with E-state index in [-0.39, 0.29) is 12.5 Å². The third-order valence-electron chi connectivity index (χ3n) is 3.07. The summed E-state index contributed by atoms with van der Waals surface area (Å²) in [6.45, 7) is -0.211. The van der Waals surface area contributed by atoms with Gasteiger partial charge in [-0.05, 0) is 5.56 Å². The van der Waals surface area contributed by atoms with Crippen LogP contribution in [-0.2, 0) is 17.8 Å². The second kappa shape index (κ2) is 5.20. The van der Waals surface area contributed by atoms with Gasteiger partial charge in [0.25, 0.3) is 0 Å². The highest BCUT2D eigenvalue weighted by atomic mass is 16.4. The molecule has 0 amide bonds. The number of nitrogen functional groups attached to an aromatic ring is 1. The van der Waals surface area contributed by atoms with Crippen molar-refractivity contribution < 1.29 is 9.90 Å². The maximum Gasteiger partial charge on any atom is 0.323 e. The van der Waals surface area contributed by atoms with Crippen LogP contribution in [0.2, 0.25) is 0 Å². The molecule has 0 aliphatic carbocycles. The van der Waals surface area contributed by atoms with Crippen LogP contribution in [0.3, 0.4) is 0 Å². The Labute approximate surface area is 120 Å². The van der Waals surface area contributed by atoms with E-state index in [2.05, 4.69) is 15.0 Å². The topological polar surface area (TPSA) is 107 Å². The Kier molecular flexibility index (Phi) is 3.23. The molecule has 0 atom stereocenters. The van der Waals surface area contributed by atoms with Gasteiger partial charge in [0.15, 0.2) is 5.65 Å². The van der Waals surface area contributed by atoms with E-state index in [4.69, 9.17) is 10.8 Å². The molecule has 7 nitrogen and oxygen atoms in total. The van der Waals surface area contributed by atoms with Crippen LogP contribution in [0.5, 0.6) is 0 Å². The molecule has 3 aromatic rings. The first-order chi connectivity index (χ1) is 10.1. The van der Waals surface area contributed by atoms with Gasteiger partial charge in [0.1, 0.15) is 12.1 Å². The molecule has 3 rings (SSSR count). The van der Waals surface area contributed by atoms with Crippen LogP contribution in [0.15, 0.2) is 36.7 Å². The third kappa shape index (κ3) is 2.66. The molecule has 3 N–H and O–H groups in total. The molecule has 0 unspecified atom stereocenters. The monoisotopic (exact) mass is 283 g/mol. The van der Waals surface area contributed by atoms with Gasteiger partial charge in [0, 0.05) is 6.42 Å². The Morgan fingerprint density at radius 2 is 2.00 bits per heavy atom. The summed E-state index contributed by atoms with van der Waals surface area (Å²) in [5.41, 5.74) is 8.51.